The van der Waals surface area contributed by atoms with Crippen molar-refractivity contribution < 1.29 is 14.0 Å². The molecule has 0 bridgehead atoms. The minimum absolute atomic E-state index is 0.0492. The molecule has 0 aromatic heterocycles. The highest BCUT2D eigenvalue weighted by atomic mass is 19.1. The number of nitrogens with two attached hydrogens (primary N) is 1. The highest BCUT2D eigenvalue weighted by molar-refractivity contribution is 5.93. The fourth-order valence-electron chi connectivity index (χ4n) is 1.76. The summed E-state index contributed by atoms with van der Waals surface area (Å²) in [6, 6.07) is 4.01. The lowest BCUT2D eigenvalue weighted by molar-refractivity contribution is -0.117. The molecule has 0 aliphatic carbocycles. The van der Waals surface area contributed by atoms with Gasteiger partial charge in [0.25, 0.3) is 0 Å². The topological polar surface area (TPSA) is 84.2 Å². The molecule has 1 unspecified atom stereocenters. The summed E-state index contributed by atoms with van der Waals surface area (Å²) in [5.41, 5.74) is 6.01. The Bertz CT molecular complexity index is 487. The van der Waals surface area contributed by atoms with Crippen LogP contribution in [0.3, 0.4) is 0 Å². The zero-order chi connectivity index (χ0) is 15.1. The van der Waals surface area contributed by atoms with Crippen molar-refractivity contribution in [2.45, 2.75) is 26.7 Å². The molecule has 0 saturated carbocycles. The summed E-state index contributed by atoms with van der Waals surface area (Å²) in [6.45, 7) is 3.72. The van der Waals surface area contributed by atoms with Crippen molar-refractivity contribution in [3.8, 4) is 0 Å². The van der Waals surface area contributed by atoms with Crippen LogP contribution in [0.2, 0.25) is 0 Å². The fraction of sp³-hybridized carbons (Fsp3) is 0.429. The van der Waals surface area contributed by atoms with E-state index >= 15 is 0 Å². The average molecular weight is 281 g/mol. The molecule has 1 rings (SSSR count). The Morgan fingerprint density at radius 1 is 1.35 bits per heavy atom. The number of nitrogens with one attached hydrogen (secondary N) is 2. The Labute approximate surface area is 117 Å². The Hall–Kier alpha value is -1.95. The first-order valence-electron chi connectivity index (χ1n) is 6.53. The van der Waals surface area contributed by atoms with Gasteiger partial charge in [0.05, 0.1) is 5.69 Å². The first kappa shape index (κ1) is 16.1. The second kappa shape index (κ2) is 7.59. The van der Waals surface area contributed by atoms with Crippen LogP contribution < -0.4 is 16.4 Å². The lowest BCUT2D eigenvalue weighted by Crippen LogP contribution is -2.22. The molecule has 0 spiro atoms. The Balaban J connectivity index is 2.75. The van der Waals surface area contributed by atoms with Crippen molar-refractivity contribution in [1.82, 2.24) is 0 Å². The number of hydrogen-bond acceptors (Lipinski definition) is 3. The number of rotatable bonds is 6. The van der Waals surface area contributed by atoms with E-state index in [4.69, 9.17) is 5.73 Å². The number of carbonyl (C=O) groups is 2. The summed E-state index contributed by atoms with van der Waals surface area (Å²) < 4.78 is 13.6. The van der Waals surface area contributed by atoms with Crippen molar-refractivity contribution in [2.24, 2.45) is 11.7 Å². The van der Waals surface area contributed by atoms with Crippen LogP contribution in [0.5, 0.6) is 0 Å². The molecular weight excluding hydrogens is 261 g/mol. The van der Waals surface area contributed by atoms with Crippen LogP contribution in [0.4, 0.5) is 15.8 Å². The summed E-state index contributed by atoms with van der Waals surface area (Å²) in [5, 5.41) is 5.03. The molecule has 0 fully saturated rings. The van der Waals surface area contributed by atoms with Crippen LogP contribution >= 0.6 is 0 Å². The van der Waals surface area contributed by atoms with Crippen LogP contribution in [-0.2, 0) is 9.59 Å². The quantitative estimate of drug-likeness (QED) is 0.746. The third kappa shape index (κ3) is 4.97. The van der Waals surface area contributed by atoms with Gasteiger partial charge in [-0.1, -0.05) is 13.3 Å². The van der Waals surface area contributed by atoms with Gasteiger partial charge in [0.15, 0.2) is 0 Å². The van der Waals surface area contributed by atoms with E-state index in [-0.39, 0.29) is 29.8 Å². The number of benzene rings is 1. The van der Waals surface area contributed by atoms with Gasteiger partial charge < -0.3 is 16.4 Å². The number of carbonyl (C=O) groups excluding carboxylic acids is 2. The Morgan fingerprint density at radius 2 is 2.05 bits per heavy atom. The first-order valence-corrected chi connectivity index (χ1v) is 6.53. The van der Waals surface area contributed by atoms with Crippen LogP contribution in [-0.4, -0.2) is 18.4 Å². The normalized spacial score (nSPS) is 11.8. The predicted octanol–water partition coefficient (Wildman–Crippen LogP) is 2.10. The number of halogens is 1. The summed E-state index contributed by atoms with van der Waals surface area (Å²) in [5.74, 6) is -1.02. The van der Waals surface area contributed by atoms with E-state index in [1.54, 1.807) is 0 Å². The van der Waals surface area contributed by atoms with E-state index in [1.807, 2.05) is 6.92 Å². The van der Waals surface area contributed by atoms with Crippen molar-refractivity contribution in [3.05, 3.63) is 24.0 Å². The molecule has 4 N–H and O–H groups in total. The molecule has 1 aromatic carbocycles. The molecule has 110 valence electrons. The molecular formula is C14H20FN3O2. The maximum atomic E-state index is 13.6. The second-order valence-corrected chi connectivity index (χ2v) is 4.64. The summed E-state index contributed by atoms with van der Waals surface area (Å²) in [4.78, 5) is 22.8. The van der Waals surface area contributed by atoms with Crippen molar-refractivity contribution in [1.29, 1.82) is 0 Å². The maximum absolute atomic E-state index is 13.6. The Kier molecular flexibility index (Phi) is 6.11. The molecule has 0 aliphatic heterocycles. The van der Waals surface area contributed by atoms with Crippen molar-refractivity contribution >= 4 is 23.2 Å². The van der Waals surface area contributed by atoms with E-state index in [0.717, 1.165) is 6.42 Å². The van der Waals surface area contributed by atoms with Crippen LogP contribution in [0.1, 0.15) is 26.7 Å². The van der Waals surface area contributed by atoms with Crippen LogP contribution in [0.15, 0.2) is 18.2 Å². The van der Waals surface area contributed by atoms with Gasteiger partial charge in [0.1, 0.15) is 5.82 Å². The molecule has 0 saturated heterocycles. The molecule has 0 aliphatic rings. The number of hydrogen-bond donors (Lipinski definition) is 3. The highest BCUT2D eigenvalue weighted by Crippen LogP contribution is 2.20. The van der Waals surface area contributed by atoms with E-state index in [1.165, 1.54) is 25.1 Å². The van der Waals surface area contributed by atoms with Crippen LogP contribution in [0.25, 0.3) is 0 Å². The van der Waals surface area contributed by atoms with Gasteiger partial charge in [-0.25, -0.2) is 4.39 Å². The first-order chi connectivity index (χ1) is 9.46. The molecule has 1 atom stereocenters. The molecule has 5 nitrogen and oxygen atoms in total. The zero-order valence-electron chi connectivity index (χ0n) is 11.7. The summed E-state index contributed by atoms with van der Waals surface area (Å²) in [7, 11) is 0. The lowest BCUT2D eigenvalue weighted by atomic mass is 10.0. The molecule has 20 heavy (non-hydrogen) atoms. The second-order valence-electron chi connectivity index (χ2n) is 4.64. The fourth-order valence-corrected chi connectivity index (χ4v) is 1.76. The van der Waals surface area contributed by atoms with E-state index in [9.17, 15) is 14.0 Å². The monoisotopic (exact) mass is 281 g/mol. The predicted molar refractivity (Wildman–Crippen MR) is 76.8 cm³/mol. The lowest BCUT2D eigenvalue weighted by Gasteiger charge is -2.13. The minimum atomic E-state index is -0.548. The van der Waals surface area contributed by atoms with E-state index in [2.05, 4.69) is 10.6 Å². The molecule has 6 heteroatoms. The summed E-state index contributed by atoms with van der Waals surface area (Å²) in [6.07, 6.45) is 1.04. The third-order valence-electron chi connectivity index (χ3n) is 2.95. The molecule has 0 radical (unpaired) electrons. The van der Waals surface area contributed by atoms with Gasteiger partial charge >= 0.3 is 0 Å². The van der Waals surface area contributed by atoms with Crippen molar-refractivity contribution in [3.63, 3.8) is 0 Å². The smallest absolute Gasteiger partial charge is 0.224 e. The van der Waals surface area contributed by atoms with E-state index in [0.29, 0.717) is 12.2 Å². The van der Waals surface area contributed by atoms with Gasteiger partial charge in [0, 0.05) is 19.0 Å². The average Bonchev–Trinajstić information content (AvgIpc) is 2.39. The largest absolute Gasteiger partial charge is 0.330 e. The number of amides is 2. The standard InChI is InChI=1S/C14H20FN3O2/c1-3-10(8-16)6-14(20)18-13-7-11(17-9(2)19)4-5-12(13)15/h4-5,7,10H,3,6,8,16H2,1-2H3,(H,17,19)(H,18,20). The highest BCUT2D eigenvalue weighted by Gasteiger charge is 2.13. The molecule has 1 aromatic rings. The Morgan fingerprint density at radius 3 is 2.60 bits per heavy atom. The SMILES string of the molecule is CCC(CN)CC(=O)Nc1cc(NC(C)=O)ccc1F. The maximum Gasteiger partial charge on any atom is 0.224 e. The minimum Gasteiger partial charge on any atom is -0.330 e. The molecule has 0 heterocycles. The van der Waals surface area contributed by atoms with E-state index < -0.39 is 5.82 Å². The van der Waals surface area contributed by atoms with Gasteiger partial charge in [-0.15, -0.1) is 0 Å². The molecule has 2 amide bonds. The van der Waals surface area contributed by atoms with Crippen LogP contribution in [0, 0.1) is 11.7 Å². The third-order valence-corrected chi connectivity index (χ3v) is 2.95. The van der Waals surface area contributed by atoms with Gasteiger partial charge in [-0.2, -0.15) is 0 Å². The zero-order valence-corrected chi connectivity index (χ0v) is 11.7. The van der Waals surface area contributed by atoms with Gasteiger partial charge in [-0.05, 0) is 30.7 Å². The van der Waals surface area contributed by atoms with Gasteiger partial charge in [0.2, 0.25) is 11.8 Å². The number of anilines is 2. The summed E-state index contributed by atoms with van der Waals surface area (Å²) >= 11 is 0. The van der Waals surface area contributed by atoms with Gasteiger partial charge in [-0.3, -0.25) is 9.59 Å². The van der Waals surface area contributed by atoms with Crippen molar-refractivity contribution in [2.75, 3.05) is 17.2 Å².